The predicted molar refractivity (Wildman–Crippen MR) is 111 cm³/mol. The topological polar surface area (TPSA) is 64.6 Å². The van der Waals surface area contributed by atoms with Crippen molar-refractivity contribution in [3.05, 3.63) is 33.3 Å². The highest BCUT2D eigenvalue weighted by Gasteiger charge is 2.57. The molecule has 3 rings (SSSR count). The quantitative estimate of drug-likeness (QED) is 0.697. The van der Waals surface area contributed by atoms with Gasteiger partial charge in [0.25, 0.3) is 0 Å². The second-order valence-electron chi connectivity index (χ2n) is 8.53. The van der Waals surface area contributed by atoms with E-state index in [-0.39, 0.29) is 23.9 Å². The summed E-state index contributed by atoms with van der Waals surface area (Å²) in [6.45, 7) is 7.72. The number of hydrogen-bond donors (Lipinski definition) is 1. The summed E-state index contributed by atoms with van der Waals surface area (Å²) in [5.74, 6) is -1.09. The number of ether oxygens (including phenoxy) is 2. The first-order valence-corrected chi connectivity index (χ1v) is 10.8. The van der Waals surface area contributed by atoms with Crippen LogP contribution < -0.4 is 5.32 Å². The smallest absolute Gasteiger partial charge is 0.308 e. The molecule has 2 atom stereocenters. The zero-order valence-corrected chi connectivity index (χ0v) is 18.9. The van der Waals surface area contributed by atoms with Gasteiger partial charge in [-0.3, -0.25) is 9.59 Å². The lowest BCUT2D eigenvalue weighted by Gasteiger charge is -2.41. The fraction of sp³-hybridized carbons (Fsp3) is 0.636. The number of amides is 1. The Hall–Kier alpha value is -1.40. The third kappa shape index (κ3) is 3.86. The minimum absolute atomic E-state index is 0.0682. The number of hydrogen-bond acceptors (Lipinski definition) is 4. The van der Waals surface area contributed by atoms with E-state index < -0.39 is 17.6 Å². The van der Waals surface area contributed by atoms with Crippen LogP contribution in [0.1, 0.15) is 62.1 Å². The van der Waals surface area contributed by atoms with Crippen LogP contribution in [-0.4, -0.2) is 36.7 Å². The number of benzene rings is 1. The van der Waals surface area contributed by atoms with Crippen molar-refractivity contribution in [1.82, 2.24) is 5.32 Å². The van der Waals surface area contributed by atoms with Crippen molar-refractivity contribution in [2.45, 2.75) is 77.0 Å². The van der Waals surface area contributed by atoms with Crippen LogP contribution in [0.3, 0.4) is 0 Å². The molecule has 154 valence electrons. The normalized spacial score (nSPS) is 30.0. The number of nitrogens with one attached hydrogen (secondary N) is 1. The Morgan fingerprint density at radius 1 is 1.21 bits per heavy atom. The molecule has 1 aromatic carbocycles. The van der Waals surface area contributed by atoms with E-state index in [2.05, 4.69) is 21.2 Å². The molecule has 2 fully saturated rings. The van der Waals surface area contributed by atoms with Gasteiger partial charge >= 0.3 is 5.97 Å². The standard InChI is InChI=1S/C22H30BrNO4/c1-12(2)21(26)28-19-18(16-10-13(3)14(4)11-17(16)23)20(25)24-22(19)8-6-15(27-5)7-9-22/h10-12,15,18-19H,6-9H2,1-5H3,(H,24,25). The van der Waals surface area contributed by atoms with Gasteiger partial charge in [-0.1, -0.05) is 35.8 Å². The van der Waals surface area contributed by atoms with Crippen LogP contribution in [0, 0.1) is 19.8 Å². The lowest BCUT2D eigenvalue weighted by atomic mass is 9.74. The average molecular weight is 452 g/mol. The summed E-state index contributed by atoms with van der Waals surface area (Å²) >= 11 is 3.63. The highest BCUT2D eigenvalue weighted by Crippen LogP contribution is 2.46. The number of methoxy groups -OCH3 is 1. The Bertz CT molecular complexity index is 768. The summed E-state index contributed by atoms with van der Waals surface area (Å²) in [4.78, 5) is 25.7. The monoisotopic (exact) mass is 451 g/mol. The fourth-order valence-corrected chi connectivity index (χ4v) is 5.09. The first-order valence-electron chi connectivity index (χ1n) is 10.0. The summed E-state index contributed by atoms with van der Waals surface area (Å²) in [5, 5.41) is 3.23. The molecule has 1 heterocycles. The largest absolute Gasteiger partial charge is 0.458 e. The van der Waals surface area contributed by atoms with Gasteiger partial charge in [0.15, 0.2) is 0 Å². The Kier molecular flexibility index (Phi) is 6.20. The van der Waals surface area contributed by atoms with Crippen molar-refractivity contribution >= 4 is 27.8 Å². The van der Waals surface area contributed by atoms with Gasteiger partial charge in [-0.15, -0.1) is 0 Å². The minimum Gasteiger partial charge on any atom is -0.458 e. The van der Waals surface area contributed by atoms with E-state index in [0.29, 0.717) is 0 Å². The molecule has 0 bridgehead atoms. The van der Waals surface area contributed by atoms with Crippen molar-refractivity contribution in [2.75, 3.05) is 7.11 Å². The van der Waals surface area contributed by atoms with Gasteiger partial charge in [0, 0.05) is 11.6 Å². The SMILES string of the molecule is COC1CCC2(CC1)NC(=O)C(c1cc(C)c(C)cc1Br)C2OC(=O)C(C)C. The number of aryl methyl sites for hydroxylation is 2. The van der Waals surface area contributed by atoms with E-state index in [1.165, 1.54) is 0 Å². The zero-order chi connectivity index (χ0) is 20.6. The fourth-order valence-electron chi connectivity index (χ4n) is 4.39. The van der Waals surface area contributed by atoms with Gasteiger partial charge in [0.05, 0.1) is 17.6 Å². The number of carbonyl (C=O) groups is 2. The molecule has 1 saturated carbocycles. The summed E-state index contributed by atoms with van der Waals surface area (Å²) in [7, 11) is 1.72. The van der Waals surface area contributed by atoms with Gasteiger partial charge in [0.1, 0.15) is 12.0 Å². The summed E-state index contributed by atoms with van der Waals surface area (Å²) in [5.41, 5.74) is 2.62. The summed E-state index contributed by atoms with van der Waals surface area (Å²) < 4.78 is 12.4. The maximum Gasteiger partial charge on any atom is 0.308 e. The third-order valence-electron chi connectivity index (χ3n) is 6.32. The van der Waals surface area contributed by atoms with E-state index >= 15 is 0 Å². The average Bonchev–Trinajstić information content (AvgIpc) is 2.90. The van der Waals surface area contributed by atoms with Crippen molar-refractivity contribution in [2.24, 2.45) is 5.92 Å². The Balaban J connectivity index is 2.02. The van der Waals surface area contributed by atoms with Crippen LogP contribution in [0.4, 0.5) is 0 Å². The molecule has 6 heteroatoms. The second kappa shape index (κ2) is 8.15. The summed E-state index contributed by atoms with van der Waals surface area (Å²) in [6, 6.07) is 4.08. The number of halogens is 1. The van der Waals surface area contributed by atoms with Crippen LogP contribution in [0.25, 0.3) is 0 Å². The number of rotatable bonds is 4. The zero-order valence-electron chi connectivity index (χ0n) is 17.3. The van der Waals surface area contributed by atoms with Crippen molar-refractivity contribution in [3.63, 3.8) is 0 Å². The van der Waals surface area contributed by atoms with Crippen LogP contribution in [0.15, 0.2) is 16.6 Å². The van der Waals surface area contributed by atoms with E-state index in [9.17, 15) is 9.59 Å². The van der Waals surface area contributed by atoms with E-state index in [1.54, 1.807) is 7.11 Å². The molecule has 1 saturated heterocycles. The van der Waals surface area contributed by atoms with Crippen molar-refractivity contribution in [1.29, 1.82) is 0 Å². The van der Waals surface area contributed by atoms with Gasteiger partial charge in [-0.25, -0.2) is 0 Å². The Labute approximate surface area is 175 Å². The molecule has 1 aliphatic carbocycles. The third-order valence-corrected chi connectivity index (χ3v) is 7.01. The van der Waals surface area contributed by atoms with Crippen molar-refractivity contribution < 1.29 is 19.1 Å². The van der Waals surface area contributed by atoms with Gasteiger partial charge in [-0.2, -0.15) is 0 Å². The predicted octanol–water partition coefficient (Wildman–Crippen LogP) is 4.17. The van der Waals surface area contributed by atoms with E-state index in [0.717, 1.165) is 46.8 Å². The number of esters is 1. The highest BCUT2D eigenvalue weighted by atomic mass is 79.9. The molecule has 5 nitrogen and oxygen atoms in total. The second-order valence-corrected chi connectivity index (χ2v) is 9.38. The molecule has 0 aromatic heterocycles. The molecule has 2 unspecified atom stereocenters. The molecule has 2 aliphatic rings. The van der Waals surface area contributed by atoms with Gasteiger partial charge < -0.3 is 14.8 Å². The molecule has 1 spiro atoms. The van der Waals surface area contributed by atoms with Crippen LogP contribution in [-0.2, 0) is 19.1 Å². The molecule has 0 radical (unpaired) electrons. The molecule has 28 heavy (non-hydrogen) atoms. The van der Waals surface area contributed by atoms with E-state index in [4.69, 9.17) is 9.47 Å². The first-order chi connectivity index (χ1) is 13.2. The number of carbonyl (C=O) groups excluding carboxylic acids is 2. The maximum absolute atomic E-state index is 13.2. The molecule has 1 N–H and O–H groups in total. The van der Waals surface area contributed by atoms with E-state index in [1.807, 2.05) is 39.8 Å². The van der Waals surface area contributed by atoms with Crippen LogP contribution in [0.5, 0.6) is 0 Å². The summed E-state index contributed by atoms with van der Waals surface area (Å²) in [6.07, 6.45) is 2.83. The van der Waals surface area contributed by atoms with Gasteiger partial charge in [-0.05, 0) is 62.3 Å². The molecule has 1 amide bonds. The lowest BCUT2D eigenvalue weighted by molar-refractivity contribution is -0.158. The van der Waals surface area contributed by atoms with Crippen LogP contribution in [0.2, 0.25) is 0 Å². The highest BCUT2D eigenvalue weighted by molar-refractivity contribution is 9.10. The van der Waals surface area contributed by atoms with Gasteiger partial charge in [0.2, 0.25) is 5.91 Å². The van der Waals surface area contributed by atoms with Crippen molar-refractivity contribution in [3.8, 4) is 0 Å². The molecular weight excluding hydrogens is 422 g/mol. The lowest BCUT2D eigenvalue weighted by Crippen LogP contribution is -2.53. The maximum atomic E-state index is 13.2. The molecule has 1 aliphatic heterocycles. The molecule has 1 aromatic rings. The molecular formula is C22H30BrNO4. The Morgan fingerprint density at radius 3 is 2.39 bits per heavy atom. The van der Waals surface area contributed by atoms with Crippen LogP contribution >= 0.6 is 15.9 Å². The minimum atomic E-state index is -0.528. The Morgan fingerprint density at radius 2 is 1.82 bits per heavy atom. The first kappa shape index (κ1) is 21.3.